The van der Waals surface area contributed by atoms with E-state index in [4.69, 9.17) is 0 Å². The van der Waals surface area contributed by atoms with E-state index < -0.39 is 0 Å². The maximum absolute atomic E-state index is 4.63. The van der Waals surface area contributed by atoms with E-state index >= 15 is 0 Å². The number of nitrogens with zero attached hydrogens (tertiary/aromatic N) is 1. The van der Waals surface area contributed by atoms with E-state index in [0.717, 1.165) is 5.16 Å². The fraction of sp³-hybridized carbons (Fsp3) is 0.143. The van der Waals surface area contributed by atoms with Gasteiger partial charge in [-0.05, 0) is 18.5 Å². The normalized spacial score (nSPS) is 9.00. The van der Waals surface area contributed by atoms with Crippen LogP contribution in [0.3, 0.4) is 0 Å². The predicted molar refractivity (Wildman–Crippen MR) is 56.3 cm³/mol. The molecule has 0 saturated carbocycles. The Bertz CT molecular complexity index is 345. The molecule has 0 aliphatic rings. The minimum atomic E-state index is 0.676. The summed E-state index contributed by atoms with van der Waals surface area (Å²) in [5.41, 5.74) is 0. The number of aromatic nitrogens is 4. The van der Waals surface area contributed by atoms with Crippen LogP contribution in [0.4, 0.5) is 0 Å². The van der Waals surface area contributed by atoms with Gasteiger partial charge in [-0.2, -0.15) is 0 Å². The number of aromatic amines is 3. The van der Waals surface area contributed by atoms with Gasteiger partial charge in [0.1, 0.15) is 0 Å². The molecule has 70 valence electrons. The highest BCUT2D eigenvalue weighted by Gasteiger charge is 1.83. The third-order valence-electron chi connectivity index (χ3n) is 1.18. The third-order valence-corrected chi connectivity index (χ3v) is 2.02. The van der Waals surface area contributed by atoms with Gasteiger partial charge in [0.2, 0.25) is 0 Å². The van der Waals surface area contributed by atoms with E-state index in [-0.39, 0.29) is 0 Å². The minimum Gasteiger partial charge on any atom is -0.340 e. The first-order valence-corrected chi connectivity index (χ1v) is 5.21. The van der Waals surface area contributed by atoms with Crippen LogP contribution >= 0.6 is 24.0 Å². The van der Waals surface area contributed by atoms with E-state index in [1.807, 2.05) is 12.5 Å². The van der Waals surface area contributed by atoms with Gasteiger partial charge < -0.3 is 15.0 Å². The summed E-state index contributed by atoms with van der Waals surface area (Å²) in [5, 5.41) is 0.972. The van der Waals surface area contributed by atoms with E-state index in [2.05, 4.69) is 32.2 Å². The average molecular weight is 214 g/mol. The Kier molecular flexibility index (Phi) is 4.34. The van der Waals surface area contributed by atoms with Crippen LogP contribution in [0.5, 0.6) is 0 Å². The van der Waals surface area contributed by atoms with Gasteiger partial charge >= 0.3 is 0 Å². The second-order valence-corrected chi connectivity index (χ2v) is 3.25. The molecule has 0 unspecified atom stereocenters. The zero-order valence-electron chi connectivity index (χ0n) is 7.07. The molecule has 0 amide bonds. The van der Waals surface area contributed by atoms with Gasteiger partial charge in [0.15, 0.2) is 9.93 Å². The number of thioether (sulfide) groups is 1. The van der Waals surface area contributed by atoms with Crippen molar-refractivity contribution in [3.63, 3.8) is 0 Å². The highest BCUT2D eigenvalue weighted by Crippen LogP contribution is 2.03. The maximum Gasteiger partial charge on any atom is 0.174 e. The lowest BCUT2D eigenvalue weighted by atomic mass is 11.0. The van der Waals surface area contributed by atoms with E-state index in [1.165, 1.54) is 0 Å². The molecule has 0 bridgehead atoms. The summed E-state index contributed by atoms with van der Waals surface area (Å²) < 4.78 is 0.676. The standard InChI is InChI=1S/C4H6N2S.C3H4N2S/c1-7-4-5-2-3-6-4;6-3-4-1-2-5-3/h2-3H,1H3,(H,5,6);1-2H,(H2,4,5,6). The maximum atomic E-state index is 4.63. The van der Waals surface area contributed by atoms with Crippen molar-refractivity contribution in [2.45, 2.75) is 5.16 Å². The largest absolute Gasteiger partial charge is 0.340 e. The van der Waals surface area contributed by atoms with E-state index in [9.17, 15) is 0 Å². The Balaban J connectivity index is 0.000000132. The summed E-state index contributed by atoms with van der Waals surface area (Å²) in [7, 11) is 0. The molecule has 0 fully saturated rings. The monoisotopic (exact) mass is 214 g/mol. The predicted octanol–water partition coefficient (Wildman–Crippen LogP) is 2.20. The Morgan fingerprint density at radius 3 is 2.15 bits per heavy atom. The first kappa shape index (κ1) is 10.1. The van der Waals surface area contributed by atoms with Crippen molar-refractivity contribution < 1.29 is 0 Å². The molecule has 0 spiro atoms. The first-order valence-electron chi connectivity index (χ1n) is 3.58. The smallest absolute Gasteiger partial charge is 0.174 e. The second kappa shape index (κ2) is 5.60. The number of hydrogen-bond acceptors (Lipinski definition) is 3. The molecule has 6 heteroatoms. The number of nitrogens with one attached hydrogen (secondary N) is 3. The highest BCUT2D eigenvalue weighted by atomic mass is 32.2. The average Bonchev–Trinajstić information content (AvgIpc) is 2.76. The molecule has 3 N–H and O–H groups in total. The highest BCUT2D eigenvalue weighted by molar-refractivity contribution is 7.98. The van der Waals surface area contributed by atoms with Crippen molar-refractivity contribution in [2.75, 3.05) is 6.26 Å². The van der Waals surface area contributed by atoms with E-state index in [1.54, 1.807) is 30.4 Å². The third kappa shape index (κ3) is 3.95. The van der Waals surface area contributed by atoms with Crippen LogP contribution < -0.4 is 0 Å². The zero-order valence-corrected chi connectivity index (χ0v) is 8.71. The van der Waals surface area contributed by atoms with Crippen LogP contribution in [-0.2, 0) is 0 Å². The quantitative estimate of drug-likeness (QED) is 0.504. The number of imidazole rings is 2. The van der Waals surface area contributed by atoms with Crippen LogP contribution in [-0.4, -0.2) is 26.2 Å². The van der Waals surface area contributed by atoms with Crippen LogP contribution in [0.2, 0.25) is 0 Å². The lowest BCUT2D eigenvalue weighted by Gasteiger charge is -1.79. The molecule has 0 atom stereocenters. The molecule has 4 nitrogen and oxygen atoms in total. The Morgan fingerprint density at radius 1 is 1.23 bits per heavy atom. The number of H-pyrrole nitrogens is 3. The number of rotatable bonds is 1. The van der Waals surface area contributed by atoms with Gasteiger partial charge in [0.05, 0.1) is 0 Å². The Hall–Kier alpha value is -1.01. The summed E-state index contributed by atoms with van der Waals surface area (Å²) in [5.74, 6) is 0. The van der Waals surface area contributed by atoms with Gasteiger partial charge in [0.25, 0.3) is 0 Å². The molecular weight excluding hydrogens is 204 g/mol. The van der Waals surface area contributed by atoms with E-state index in [0.29, 0.717) is 4.77 Å². The van der Waals surface area contributed by atoms with Crippen molar-refractivity contribution in [3.8, 4) is 0 Å². The van der Waals surface area contributed by atoms with Crippen molar-refractivity contribution in [1.82, 2.24) is 19.9 Å². The molecule has 0 saturated heterocycles. The van der Waals surface area contributed by atoms with Gasteiger partial charge in [-0.15, -0.1) is 0 Å². The van der Waals surface area contributed by atoms with Gasteiger partial charge in [-0.25, -0.2) is 4.98 Å². The van der Waals surface area contributed by atoms with Crippen molar-refractivity contribution in [1.29, 1.82) is 0 Å². The summed E-state index contributed by atoms with van der Waals surface area (Å²) in [6.45, 7) is 0. The van der Waals surface area contributed by atoms with Crippen molar-refractivity contribution in [3.05, 3.63) is 29.6 Å². The molecular formula is C7H10N4S2. The van der Waals surface area contributed by atoms with Gasteiger partial charge in [-0.1, -0.05) is 11.8 Å². The van der Waals surface area contributed by atoms with Crippen molar-refractivity contribution >= 4 is 24.0 Å². The molecule has 0 aliphatic heterocycles. The van der Waals surface area contributed by atoms with Gasteiger partial charge in [0, 0.05) is 24.8 Å². The van der Waals surface area contributed by atoms with Crippen LogP contribution in [0.15, 0.2) is 29.9 Å². The summed E-state index contributed by atoms with van der Waals surface area (Å²) in [6.07, 6.45) is 9.04. The lowest BCUT2D eigenvalue weighted by molar-refractivity contribution is 1.06. The Morgan fingerprint density at radius 2 is 1.92 bits per heavy atom. The zero-order chi connectivity index (χ0) is 9.52. The van der Waals surface area contributed by atoms with Crippen molar-refractivity contribution in [2.24, 2.45) is 0 Å². The molecule has 0 aromatic carbocycles. The molecule has 2 heterocycles. The van der Waals surface area contributed by atoms with Crippen LogP contribution in [0.1, 0.15) is 0 Å². The fourth-order valence-corrected chi connectivity index (χ4v) is 1.13. The molecule has 13 heavy (non-hydrogen) atoms. The fourth-order valence-electron chi connectivity index (χ4n) is 0.639. The SMILES string of the molecule is CSc1ncc[nH]1.S=c1[nH]cc[nH]1. The van der Waals surface area contributed by atoms with Crippen LogP contribution in [0.25, 0.3) is 0 Å². The second-order valence-electron chi connectivity index (χ2n) is 2.05. The summed E-state index contributed by atoms with van der Waals surface area (Å²) in [4.78, 5) is 12.4. The summed E-state index contributed by atoms with van der Waals surface area (Å²) in [6, 6.07) is 0. The van der Waals surface area contributed by atoms with Gasteiger partial charge in [-0.3, -0.25) is 0 Å². The van der Waals surface area contributed by atoms with Crippen LogP contribution in [0, 0.1) is 4.77 Å². The Labute approximate surface area is 85.2 Å². The number of hydrogen-bond donors (Lipinski definition) is 3. The molecule has 2 aromatic heterocycles. The topological polar surface area (TPSA) is 60.3 Å². The lowest BCUT2D eigenvalue weighted by Crippen LogP contribution is -1.66. The first-order chi connectivity index (χ1) is 6.33. The minimum absolute atomic E-state index is 0.676. The molecule has 0 aliphatic carbocycles. The molecule has 0 radical (unpaired) electrons. The summed E-state index contributed by atoms with van der Waals surface area (Å²) >= 11 is 6.24. The molecule has 2 rings (SSSR count). The molecule has 2 aromatic rings.